The molecule has 1 heterocycles. The van der Waals surface area contributed by atoms with Crippen LogP contribution in [0.5, 0.6) is 0 Å². The Hall–Kier alpha value is -4.44. The van der Waals surface area contributed by atoms with Crippen LogP contribution in [0.4, 0.5) is 27.7 Å². The van der Waals surface area contributed by atoms with Crippen molar-refractivity contribution in [2.45, 2.75) is 19.8 Å². The van der Waals surface area contributed by atoms with Gasteiger partial charge in [-0.05, 0) is 49.2 Å². The number of hydrogen-bond acceptors (Lipinski definition) is 6. The van der Waals surface area contributed by atoms with Gasteiger partial charge in [0.15, 0.2) is 0 Å². The molecular formula is C26H30N6O4. The van der Waals surface area contributed by atoms with Crippen LogP contribution in [0.15, 0.2) is 66.9 Å². The minimum Gasteiger partial charge on any atom is -0.355 e. The van der Waals surface area contributed by atoms with E-state index in [1.54, 1.807) is 32.2 Å². The van der Waals surface area contributed by atoms with Gasteiger partial charge in [0.1, 0.15) is 11.4 Å². The number of carbonyl (C=O) groups excluding carboxylic acids is 3. The number of pyridine rings is 1. The van der Waals surface area contributed by atoms with E-state index in [1.165, 1.54) is 18.4 Å². The van der Waals surface area contributed by atoms with E-state index in [9.17, 15) is 14.4 Å². The highest BCUT2D eigenvalue weighted by Crippen LogP contribution is 2.27. The lowest BCUT2D eigenvalue weighted by Gasteiger charge is -2.16. The lowest BCUT2D eigenvalue weighted by molar-refractivity contribution is -0.168. The monoisotopic (exact) mass is 490 g/mol. The molecule has 3 aromatic rings. The average Bonchev–Trinajstić information content (AvgIpc) is 2.88. The molecule has 36 heavy (non-hydrogen) atoms. The molecule has 188 valence electrons. The van der Waals surface area contributed by atoms with Crippen molar-refractivity contribution in [2.75, 3.05) is 36.7 Å². The molecule has 4 N–H and O–H groups in total. The lowest BCUT2D eigenvalue weighted by atomic mass is 10.1. The fraction of sp³-hybridized carbons (Fsp3) is 0.231. The number of nitrogens with zero attached hydrogens (tertiary/aromatic N) is 2. The number of amides is 4. The molecule has 0 saturated carbocycles. The summed E-state index contributed by atoms with van der Waals surface area (Å²) in [6.07, 6.45) is 2.35. The summed E-state index contributed by atoms with van der Waals surface area (Å²) in [5, 5.41) is 12.6. The highest BCUT2D eigenvalue weighted by atomic mass is 16.7. The number of carbonyl (C=O) groups is 3. The maximum absolute atomic E-state index is 13.4. The molecule has 0 aliphatic rings. The molecule has 0 unspecified atom stereocenters. The van der Waals surface area contributed by atoms with Gasteiger partial charge in [-0.3, -0.25) is 19.7 Å². The van der Waals surface area contributed by atoms with Crippen LogP contribution in [0.25, 0.3) is 0 Å². The minimum atomic E-state index is -0.464. The zero-order valence-corrected chi connectivity index (χ0v) is 20.5. The molecular weight excluding hydrogens is 460 g/mol. The first-order valence-electron chi connectivity index (χ1n) is 11.5. The Bertz CT molecular complexity index is 1180. The maximum atomic E-state index is 13.4. The molecule has 0 saturated heterocycles. The fourth-order valence-electron chi connectivity index (χ4n) is 3.34. The zero-order valence-electron chi connectivity index (χ0n) is 20.5. The minimum absolute atomic E-state index is 0.122. The number of anilines is 4. The van der Waals surface area contributed by atoms with Gasteiger partial charge in [0, 0.05) is 37.6 Å². The maximum Gasteiger partial charge on any atom is 0.320 e. The van der Waals surface area contributed by atoms with Crippen LogP contribution >= 0.6 is 0 Å². The summed E-state index contributed by atoms with van der Waals surface area (Å²) < 4.78 is 0. The third-order valence-corrected chi connectivity index (χ3v) is 5.26. The molecule has 3 rings (SSSR count). The number of hydroxylamine groups is 2. The number of rotatable bonds is 10. The fourth-order valence-corrected chi connectivity index (χ4v) is 3.34. The van der Waals surface area contributed by atoms with Gasteiger partial charge in [-0.2, -0.15) is 0 Å². The van der Waals surface area contributed by atoms with Crippen molar-refractivity contribution < 1.29 is 19.2 Å². The van der Waals surface area contributed by atoms with Crippen molar-refractivity contribution >= 4 is 40.7 Å². The van der Waals surface area contributed by atoms with Crippen molar-refractivity contribution in [3.05, 3.63) is 78.0 Å². The van der Waals surface area contributed by atoms with Crippen LogP contribution in [0, 0.1) is 0 Å². The van der Waals surface area contributed by atoms with E-state index in [1.807, 2.05) is 42.5 Å². The second-order valence-corrected chi connectivity index (χ2v) is 7.78. The smallest absolute Gasteiger partial charge is 0.320 e. The summed E-state index contributed by atoms with van der Waals surface area (Å²) in [6, 6.07) is 17.8. The molecule has 10 nitrogen and oxygen atoms in total. The number of aryl methyl sites for hydroxylation is 1. The van der Waals surface area contributed by atoms with E-state index in [4.69, 9.17) is 4.84 Å². The van der Waals surface area contributed by atoms with Crippen molar-refractivity contribution in [3.63, 3.8) is 0 Å². The third kappa shape index (κ3) is 7.28. The van der Waals surface area contributed by atoms with E-state index in [2.05, 4.69) is 26.3 Å². The first-order chi connectivity index (χ1) is 17.4. The normalized spacial score (nSPS) is 10.3. The predicted molar refractivity (Wildman–Crippen MR) is 139 cm³/mol. The van der Waals surface area contributed by atoms with E-state index >= 15 is 0 Å². The number of urea groups is 1. The summed E-state index contributed by atoms with van der Waals surface area (Å²) in [4.78, 5) is 46.6. The largest absolute Gasteiger partial charge is 0.355 e. The Balaban J connectivity index is 1.79. The van der Waals surface area contributed by atoms with Gasteiger partial charge in [0.2, 0.25) is 5.91 Å². The molecule has 2 aromatic carbocycles. The number of benzene rings is 2. The Morgan fingerprint density at radius 2 is 1.67 bits per heavy atom. The number of hydrogen-bond donors (Lipinski definition) is 4. The number of nitrogens with one attached hydrogen (secondary N) is 4. The van der Waals surface area contributed by atoms with Gasteiger partial charge >= 0.3 is 6.03 Å². The first kappa shape index (κ1) is 26.2. The Kier molecular flexibility index (Phi) is 9.35. The van der Waals surface area contributed by atoms with Crippen molar-refractivity contribution in [1.82, 2.24) is 15.4 Å². The quantitative estimate of drug-likeness (QED) is 0.316. The highest BCUT2D eigenvalue weighted by molar-refractivity contribution is 6.13. The van der Waals surface area contributed by atoms with Gasteiger partial charge in [-0.25, -0.2) is 14.8 Å². The molecule has 0 fully saturated rings. The first-order valence-corrected chi connectivity index (χ1v) is 11.5. The molecule has 0 radical (unpaired) electrons. The summed E-state index contributed by atoms with van der Waals surface area (Å²) >= 11 is 0. The summed E-state index contributed by atoms with van der Waals surface area (Å²) in [6.45, 7) is 2.22. The highest BCUT2D eigenvalue weighted by Gasteiger charge is 2.20. The summed E-state index contributed by atoms with van der Waals surface area (Å²) in [5.74, 6) is -0.452. The van der Waals surface area contributed by atoms with Crippen LogP contribution < -0.4 is 21.3 Å². The lowest BCUT2D eigenvalue weighted by Crippen LogP contribution is -2.30. The number of aromatic nitrogens is 1. The van der Waals surface area contributed by atoms with Crippen LogP contribution in [-0.2, 0) is 16.1 Å². The molecule has 1 aromatic heterocycles. The average molecular weight is 491 g/mol. The predicted octanol–water partition coefficient (Wildman–Crippen LogP) is 4.17. The second kappa shape index (κ2) is 12.9. The Morgan fingerprint density at radius 3 is 2.33 bits per heavy atom. The zero-order chi connectivity index (χ0) is 25.9. The molecule has 0 atom stereocenters. The Labute approximate surface area is 210 Å². The number of para-hydroxylation sites is 1. The second-order valence-electron chi connectivity index (χ2n) is 7.78. The topological polar surface area (TPSA) is 125 Å². The van der Waals surface area contributed by atoms with Crippen LogP contribution in [0.3, 0.4) is 0 Å². The van der Waals surface area contributed by atoms with Gasteiger partial charge in [-0.1, -0.05) is 30.3 Å². The molecule has 0 aliphatic heterocycles. The van der Waals surface area contributed by atoms with Crippen molar-refractivity contribution in [2.24, 2.45) is 0 Å². The van der Waals surface area contributed by atoms with E-state index in [-0.39, 0.29) is 17.3 Å². The molecule has 10 heteroatoms. The van der Waals surface area contributed by atoms with E-state index in [0.717, 1.165) is 11.3 Å². The van der Waals surface area contributed by atoms with Gasteiger partial charge in [0.05, 0.1) is 12.8 Å². The van der Waals surface area contributed by atoms with Crippen molar-refractivity contribution in [1.29, 1.82) is 0 Å². The Morgan fingerprint density at radius 1 is 0.944 bits per heavy atom. The van der Waals surface area contributed by atoms with Crippen LogP contribution in [-0.4, -0.2) is 48.6 Å². The van der Waals surface area contributed by atoms with E-state index in [0.29, 0.717) is 30.8 Å². The van der Waals surface area contributed by atoms with E-state index < -0.39 is 11.9 Å². The van der Waals surface area contributed by atoms with Crippen molar-refractivity contribution in [3.8, 4) is 0 Å². The SMILES string of the molecule is CCNC(=O)Nc1nccc(Nc2ccccc2)c1C(=O)Nc1ccc(CCC(=O)N(C)OC)cc1. The summed E-state index contributed by atoms with van der Waals surface area (Å²) in [5.41, 5.74) is 2.95. The molecule has 4 amide bonds. The van der Waals surface area contributed by atoms with Crippen LogP contribution in [0.1, 0.15) is 29.3 Å². The summed E-state index contributed by atoms with van der Waals surface area (Å²) in [7, 11) is 3.00. The third-order valence-electron chi connectivity index (χ3n) is 5.26. The standard InChI is InChI=1S/C26H30N6O4/c1-4-27-26(35)31-24-23(21(16-17-28-24)29-19-8-6-5-7-9-19)25(34)30-20-13-10-18(11-14-20)12-15-22(33)32(2)36-3/h5-11,13-14,16-17H,4,12,15H2,1-3H3,(H,30,34)(H3,27,28,29,31,35). The molecule has 0 aliphatic carbocycles. The van der Waals surface area contributed by atoms with Crippen LogP contribution in [0.2, 0.25) is 0 Å². The molecule has 0 spiro atoms. The van der Waals surface area contributed by atoms with Gasteiger partial charge in [0.25, 0.3) is 5.91 Å². The molecule has 0 bridgehead atoms. The van der Waals surface area contributed by atoms with Gasteiger partial charge in [-0.15, -0.1) is 0 Å². The van der Waals surface area contributed by atoms with Gasteiger partial charge < -0.3 is 16.0 Å².